The summed E-state index contributed by atoms with van der Waals surface area (Å²) in [6, 6.07) is 19.4. The number of carboxylic acid groups (broad SMARTS) is 1. The Morgan fingerprint density at radius 2 is 1.44 bits per heavy atom. The van der Waals surface area contributed by atoms with Gasteiger partial charge in [-0.1, -0.05) is 39.0 Å². The first-order valence-corrected chi connectivity index (χ1v) is 38.4. The molecule has 6 aromatic rings. The predicted octanol–water partition coefficient (Wildman–Crippen LogP) is 7.03. The summed E-state index contributed by atoms with van der Waals surface area (Å²) >= 11 is 0. The fourth-order valence-electron chi connectivity index (χ4n) is 11.5. The summed E-state index contributed by atoms with van der Waals surface area (Å²) in [6.07, 6.45) is 3.34. The number of aromatic nitrogens is 2. The van der Waals surface area contributed by atoms with E-state index < -0.39 is 128 Å². The van der Waals surface area contributed by atoms with Crippen molar-refractivity contribution in [1.29, 1.82) is 0 Å². The van der Waals surface area contributed by atoms with Gasteiger partial charge in [-0.3, -0.25) is 38.4 Å². The maximum atomic E-state index is 15.3. The number of sulfonamides is 1. The number of ether oxygens (including phenoxy) is 2. The second-order valence-electron chi connectivity index (χ2n) is 26.5. The highest BCUT2D eigenvalue weighted by atomic mass is 32.2. The zero-order valence-electron chi connectivity index (χ0n) is 60.8. The number of hydrogen-bond acceptors (Lipinski definition) is 19. The molecule has 2 aliphatic heterocycles. The SMILES string of the molecule is CCCNC(=O)Nc1cccc(S(=O)(=O)Nc2cccc(C(CC(=O)O)NC(=O)Nc3ccc(NC(=O)N(C)CCN(C)CCN(C)CC(=O)NC(CC(N)=O)C(=O)N4CCCC4C(=O)NC(C(=O)N=S(C)(=O)Cc4cc5cc(c4)OCCCCOc4cc(F)ccc4-c4nc(ncc4F)N5)C(C)C)cc3)c2)c1. The zero-order chi connectivity index (χ0) is 78.4. The summed E-state index contributed by atoms with van der Waals surface area (Å²) in [5.74, 6) is -6.91. The number of primary amides is 1. The van der Waals surface area contributed by atoms with Crippen LogP contribution in [-0.2, 0) is 54.3 Å². The highest BCUT2D eigenvalue weighted by Gasteiger charge is 2.40. The molecule has 11 amide bonds. The van der Waals surface area contributed by atoms with Crippen LogP contribution in [0.2, 0.25) is 0 Å². The molecule has 12 N–H and O–H groups in total. The molecule has 1 aromatic heterocycles. The van der Waals surface area contributed by atoms with Gasteiger partial charge in [0.2, 0.25) is 29.6 Å². The maximum absolute atomic E-state index is 15.3. The van der Waals surface area contributed by atoms with Crippen molar-refractivity contribution in [3.63, 3.8) is 0 Å². The molecule has 0 radical (unpaired) electrons. The number of carboxylic acids is 1. The van der Waals surface area contributed by atoms with E-state index >= 15 is 4.39 Å². The molecule has 36 heteroatoms. The Morgan fingerprint density at radius 3 is 2.16 bits per heavy atom. The number of urea groups is 3. The molecule has 5 unspecified atom stereocenters. The number of carbonyl (C=O) groups is 9. The number of likely N-dealkylation sites (N-methyl/N-ethyl adjacent to an activating group) is 3. The van der Waals surface area contributed by atoms with Crippen molar-refractivity contribution in [2.24, 2.45) is 16.0 Å². The lowest BCUT2D eigenvalue weighted by Crippen LogP contribution is -2.57. The van der Waals surface area contributed by atoms with E-state index in [1.54, 1.807) is 63.2 Å². The van der Waals surface area contributed by atoms with Gasteiger partial charge in [0.05, 0.1) is 65.2 Å². The molecule has 0 aliphatic carbocycles. The highest BCUT2D eigenvalue weighted by molar-refractivity contribution is 7.93. The van der Waals surface area contributed by atoms with E-state index in [4.69, 9.17) is 15.2 Å². The fraction of sp³-hybridized carbons (Fsp3) is 0.403. The van der Waals surface area contributed by atoms with Crippen molar-refractivity contribution in [2.45, 2.75) is 101 Å². The van der Waals surface area contributed by atoms with Gasteiger partial charge in [-0.2, -0.15) is 4.36 Å². The molecule has 4 bridgehead atoms. The van der Waals surface area contributed by atoms with Crippen molar-refractivity contribution in [1.82, 2.24) is 50.8 Å². The summed E-state index contributed by atoms with van der Waals surface area (Å²) in [7, 11) is -2.52. The number of nitrogens with zero attached hydrogens (tertiary/aromatic N) is 7. The lowest BCUT2D eigenvalue weighted by Gasteiger charge is -2.30. The highest BCUT2D eigenvalue weighted by Crippen LogP contribution is 2.34. The van der Waals surface area contributed by atoms with Crippen LogP contribution in [0.4, 0.5) is 57.5 Å². The summed E-state index contributed by atoms with van der Waals surface area (Å²) in [5, 5.41) is 31.4. The molecule has 1 saturated heterocycles. The number of halogens is 2. The van der Waals surface area contributed by atoms with Gasteiger partial charge < -0.3 is 77.5 Å². The number of fused-ring (bicyclic) bond motifs is 6. The molecule has 0 spiro atoms. The number of hydrogen-bond donors (Lipinski definition) is 11. The van der Waals surface area contributed by atoms with Gasteiger partial charge in [0.1, 0.15) is 41.1 Å². The lowest BCUT2D eigenvalue weighted by atomic mass is 10.0. The summed E-state index contributed by atoms with van der Waals surface area (Å²) in [6.45, 7) is 7.33. The largest absolute Gasteiger partial charge is 0.494 e. The van der Waals surface area contributed by atoms with E-state index in [9.17, 15) is 65.3 Å². The number of likely N-dealkylation sites (tertiary alicyclic amines) is 1. The molecular weight excluding hydrogens is 1450 g/mol. The molecule has 8 rings (SSSR count). The number of aliphatic carboxylic acids is 1. The second kappa shape index (κ2) is 38.4. The van der Waals surface area contributed by atoms with Gasteiger partial charge >= 0.3 is 24.1 Å². The van der Waals surface area contributed by atoms with Crippen molar-refractivity contribution >= 4 is 108 Å². The van der Waals surface area contributed by atoms with E-state index in [1.165, 1.54) is 82.8 Å². The minimum atomic E-state index is -4.20. The Morgan fingerprint density at radius 1 is 0.759 bits per heavy atom. The molecule has 2 aliphatic rings. The van der Waals surface area contributed by atoms with Gasteiger partial charge in [0, 0.05) is 98.7 Å². The number of carbonyl (C=O) groups excluding carboxylic acids is 8. The van der Waals surface area contributed by atoms with Crippen LogP contribution in [0.5, 0.6) is 11.5 Å². The molecule has 3 heterocycles. The molecule has 5 atom stereocenters. The van der Waals surface area contributed by atoms with E-state index in [2.05, 4.69) is 61.6 Å². The molecule has 580 valence electrons. The minimum Gasteiger partial charge on any atom is -0.494 e. The summed E-state index contributed by atoms with van der Waals surface area (Å²) in [5.41, 5.74) is 7.68. The van der Waals surface area contributed by atoms with Crippen LogP contribution in [0.15, 0.2) is 125 Å². The number of benzene rings is 5. The standard InChI is InChI=1S/C72H91F2N17O15S2/c1-8-25-76-70(99)80-50-15-12-17-54(38-50)108(103,104)86-51-16-11-14-46(35-51)57(40-63(94)95)83-71(100)79-48-20-22-49(23-21-48)81-72(101)90(6)30-29-88(4)27-28-89(5)42-62(93)82-58(39-61(75)92)68(98)91-26-13-18-59(91)66(96)84-64(44(2)3)67(97)87-107(7,102)43-45-33-52-37-53(34-45)105-31-9-10-32-106-60-36-47(73)19-24-55(60)65-56(74)41-77-69(78-52)85-65/h11-12,14-17,19-24,33-38,41,44,57-59,64,86H,8-10,13,18,25-32,39-40,42-43H2,1-7H3,(H2,75,92)(H,81,101)(H,82,93)(H,84,96)(H,94,95)(H2,76,80,99)(H,77,78,85)(H2,79,83,100). The van der Waals surface area contributed by atoms with Gasteiger partial charge in [-0.25, -0.2) is 45.8 Å². The number of amides is 11. The molecule has 32 nitrogen and oxygen atoms in total. The van der Waals surface area contributed by atoms with Crippen LogP contribution >= 0.6 is 0 Å². The molecule has 108 heavy (non-hydrogen) atoms. The van der Waals surface area contributed by atoms with Crippen molar-refractivity contribution in [2.75, 3.05) is 112 Å². The van der Waals surface area contributed by atoms with Gasteiger partial charge in [0.25, 0.3) is 15.9 Å². The van der Waals surface area contributed by atoms with Crippen LogP contribution in [0.1, 0.15) is 82.9 Å². The smallest absolute Gasteiger partial charge is 0.321 e. The maximum Gasteiger partial charge on any atom is 0.321 e. The zero-order valence-corrected chi connectivity index (χ0v) is 62.5. The average Bonchev–Trinajstić information content (AvgIpc) is 0.979. The first-order valence-electron chi connectivity index (χ1n) is 34.8. The first-order chi connectivity index (χ1) is 51.3. The van der Waals surface area contributed by atoms with Crippen LogP contribution in [0.3, 0.4) is 0 Å². The number of nitrogens with one attached hydrogen (secondary N) is 9. The summed E-state index contributed by atoms with van der Waals surface area (Å²) < 4.78 is 89.2. The van der Waals surface area contributed by atoms with Crippen molar-refractivity contribution in [3.05, 3.63) is 138 Å². The van der Waals surface area contributed by atoms with Crippen LogP contribution < -0.4 is 62.5 Å². The van der Waals surface area contributed by atoms with Crippen LogP contribution in [0, 0.1) is 17.6 Å². The number of nitrogens with two attached hydrogens (primary N) is 1. The predicted molar refractivity (Wildman–Crippen MR) is 401 cm³/mol. The van der Waals surface area contributed by atoms with Gasteiger partial charge in [0.15, 0.2) is 5.82 Å². The van der Waals surface area contributed by atoms with Crippen molar-refractivity contribution in [3.8, 4) is 22.8 Å². The summed E-state index contributed by atoms with van der Waals surface area (Å²) in [4.78, 5) is 134. The van der Waals surface area contributed by atoms with E-state index in [0.717, 1.165) is 18.3 Å². The first kappa shape index (κ1) is 82.5. The topological polar surface area (TPSA) is 429 Å². The van der Waals surface area contributed by atoms with Gasteiger partial charge in [-0.15, -0.1) is 0 Å². The third-order valence-corrected chi connectivity index (χ3v) is 19.9. The molecule has 1 fully saturated rings. The Hall–Kier alpha value is -11.1. The third-order valence-electron chi connectivity index (χ3n) is 17.1. The molecule has 5 aromatic carbocycles. The molecular formula is C72H91F2N17O15S2. The molecule has 0 saturated carbocycles. The number of anilines is 6. The monoisotopic (exact) mass is 1540 g/mol. The normalized spacial score (nSPS) is 14.9. The van der Waals surface area contributed by atoms with Gasteiger partial charge in [-0.05, 0) is 142 Å². The second-order valence-corrected chi connectivity index (χ2v) is 30.6. The minimum absolute atomic E-state index is 0.0393. The third kappa shape index (κ3) is 25.0. The number of rotatable bonds is 30. The van der Waals surface area contributed by atoms with Crippen LogP contribution in [-0.4, -0.2) is 205 Å². The van der Waals surface area contributed by atoms with E-state index in [1.807, 2.05) is 18.9 Å². The lowest BCUT2D eigenvalue weighted by molar-refractivity contribution is -0.143. The van der Waals surface area contributed by atoms with Crippen molar-refractivity contribution < 1.29 is 79.1 Å². The Bertz CT molecular complexity index is 4510. The van der Waals surface area contributed by atoms with E-state index in [0.29, 0.717) is 80.2 Å². The Kier molecular flexibility index (Phi) is 29.4. The average molecular weight is 1540 g/mol. The van der Waals surface area contributed by atoms with Crippen LogP contribution in [0.25, 0.3) is 11.3 Å². The Balaban J connectivity index is 0.780. The fourth-order valence-corrected chi connectivity index (χ4v) is 14.0. The van der Waals surface area contributed by atoms with E-state index in [-0.39, 0.29) is 89.8 Å². The quantitative estimate of drug-likeness (QED) is 0.0215. The Labute approximate surface area is 624 Å².